The highest BCUT2D eigenvalue weighted by molar-refractivity contribution is 5.56. The molecule has 2 heterocycles. The molecule has 112 valence electrons. The zero-order valence-corrected chi connectivity index (χ0v) is 12.9. The standard InChI is InChI=1S/C17H24N4/c1-2-21(12-13-5-4-8-19-11-13)17-15(10-18)9-14-6-3-7-16(14)20-17/h9,13,19H,2-8,11-12H2,1H3. The molecule has 3 rings (SSSR count). The summed E-state index contributed by atoms with van der Waals surface area (Å²) in [6.45, 7) is 6.31. The third-order valence-corrected chi connectivity index (χ3v) is 4.71. The Labute approximate surface area is 127 Å². The maximum absolute atomic E-state index is 9.47. The van der Waals surface area contributed by atoms with Crippen molar-refractivity contribution in [3.63, 3.8) is 0 Å². The average molecular weight is 284 g/mol. The van der Waals surface area contributed by atoms with E-state index in [1.54, 1.807) is 0 Å². The summed E-state index contributed by atoms with van der Waals surface area (Å²) < 4.78 is 0. The van der Waals surface area contributed by atoms with Crippen molar-refractivity contribution in [2.24, 2.45) is 5.92 Å². The second-order valence-electron chi connectivity index (χ2n) is 6.18. The molecule has 1 saturated heterocycles. The fraction of sp³-hybridized carbons (Fsp3) is 0.647. The van der Waals surface area contributed by atoms with E-state index in [-0.39, 0.29) is 0 Å². The monoisotopic (exact) mass is 284 g/mol. The molecular formula is C17H24N4. The molecule has 1 aliphatic carbocycles. The highest BCUT2D eigenvalue weighted by atomic mass is 15.2. The number of nitrogens with zero attached hydrogens (tertiary/aromatic N) is 3. The number of nitrogens with one attached hydrogen (secondary N) is 1. The number of aromatic nitrogens is 1. The average Bonchev–Trinajstić information content (AvgIpc) is 2.99. The first-order valence-electron chi connectivity index (χ1n) is 8.20. The molecule has 1 aliphatic heterocycles. The van der Waals surface area contributed by atoms with Gasteiger partial charge in [-0.05, 0) is 69.7 Å². The van der Waals surface area contributed by atoms with E-state index in [9.17, 15) is 5.26 Å². The lowest BCUT2D eigenvalue weighted by Crippen LogP contribution is -2.39. The van der Waals surface area contributed by atoms with Crippen LogP contribution < -0.4 is 10.2 Å². The number of hydrogen-bond acceptors (Lipinski definition) is 4. The van der Waals surface area contributed by atoms with E-state index in [1.165, 1.54) is 30.5 Å². The van der Waals surface area contributed by atoms with Crippen molar-refractivity contribution >= 4 is 5.82 Å². The summed E-state index contributed by atoms with van der Waals surface area (Å²) in [5, 5.41) is 12.9. The first-order valence-corrected chi connectivity index (χ1v) is 8.20. The van der Waals surface area contributed by atoms with Crippen LogP contribution in [0.4, 0.5) is 5.82 Å². The molecule has 1 aromatic rings. The van der Waals surface area contributed by atoms with Gasteiger partial charge in [0.05, 0.1) is 5.56 Å². The van der Waals surface area contributed by atoms with Crippen LogP contribution in [-0.4, -0.2) is 31.2 Å². The minimum absolute atomic E-state index is 0.667. The van der Waals surface area contributed by atoms with Gasteiger partial charge in [-0.3, -0.25) is 0 Å². The van der Waals surface area contributed by atoms with Gasteiger partial charge < -0.3 is 10.2 Å². The highest BCUT2D eigenvalue weighted by Gasteiger charge is 2.22. The molecule has 2 aliphatic rings. The summed E-state index contributed by atoms with van der Waals surface area (Å²) in [5.41, 5.74) is 3.25. The maximum Gasteiger partial charge on any atom is 0.146 e. The van der Waals surface area contributed by atoms with Gasteiger partial charge in [0.25, 0.3) is 0 Å². The van der Waals surface area contributed by atoms with E-state index in [0.29, 0.717) is 5.92 Å². The van der Waals surface area contributed by atoms with Crippen LogP contribution in [0.3, 0.4) is 0 Å². The van der Waals surface area contributed by atoms with Crippen molar-refractivity contribution in [2.45, 2.75) is 39.0 Å². The highest BCUT2D eigenvalue weighted by Crippen LogP contribution is 2.28. The minimum atomic E-state index is 0.667. The molecule has 0 radical (unpaired) electrons. The summed E-state index contributed by atoms with van der Waals surface area (Å²) in [4.78, 5) is 7.14. The summed E-state index contributed by atoms with van der Waals surface area (Å²) >= 11 is 0. The number of aryl methyl sites for hydroxylation is 2. The van der Waals surface area contributed by atoms with Crippen LogP contribution in [0.25, 0.3) is 0 Å². The molecule has 1 aromatic heterocycles. The normalized spacial score (nSPS) is 20.9. The Hall–Kier alpha value is -1.60. The molecule has 0 bridgehead atoms. The quantitative estimate of drug-likeness (QED) is 0.921. The Morgan fingerprint density at radius 2 is 2.33 bits per heavy atom. The SMILES string of the molecule is CCN(CC1CCCNC1)c1nc2c(cc1C#N)CCC2. The van der Waals surface area contributed by atoms with Crippen molar-refractivity contribution in [3.8, 4) is 6.07 Å². The zero-order valence-electron chi connectivity index (χ0n) is 12.9. The number of nitriles is 1. The Balaban J connectivity index is 1.84. The fourth-order valence-corrected chi connectivity index (χ4v) is 3.54. The van der Waals surface area contributed by atoms with Crippen LogP contribution in [0.1, 0.15) is 43.0 Å². The predicted molar refractivity (Wildman–Crippen MR) is 84.5 cm³/mol. The molecule has 0 saturated carbocycles. The van der Waals surface area contributed by atoms with Crippen LogP contribution >= 0.6 is 0 Å². The van der Waals surface area contributed by atoms with Gasteiger partial charge in [-0.2, -0.15) is 5.26 Å². The second-order valence-corrected chi connectivity index (χ2v) is 6.18. The lowest BCUT2D eigenvalue weighted by atomic mass is 9.99. The molecule has 0 amide bonds. The Morgan fingerprint density at radius 1 is 1.43 bits per heavy atom. The van der Waals surface area contributed by atoms with Gasteiger partial charge in [-0.15, -0.1) is 0 Å². The van der Waals surface area contributed by atoms with Gasteiger partial charge in [0, 0.05) is 18.8 Å². The van der Waals surface area contributed by atoms with Gasteiger partial charge >= 0.3 is 0 Å². The molecule has 0 spiro atoms. The van der Waals surface area contributed by atoms with Gasteiger partial charge in [0.2, 0.25) is 0 Å². The Bertz CT molecular complexity index is 540. The van der Waals surface area contributed by atoms with Gasteiger partial charge in [0.1, 0.15) is 11.9 Å². The summed E-state index contributed by atoms with van der Waals surface area (Å²) in [5.74, 6) is 1.58. The smallest absolute Gasteiger partial charge is 0.146 e. The summed E-state index contributed by atoms with van der Waals surface area (Å²) in [7, 11) is 0. The van der Waals surface area contributed by atoms with E-state index in [0.717, 1.165) is 50.4 Å². The first-order chi connectivity index (χ1) is 10.3. The van der Waals surface area contributed by atoms with Crippen molar-refractivity contribution in [1.29, 1.82) is 5.26 Å². The number of hydrogen-bond donors (Lipinski definition) is 1. The molecule has 4 heteroatoms. The minimum Gasteiger partial charge on any atom is -0.355 e. The number of fused-ring (bicyclic) bond motifs is 1. The van der Waals surface area contributed by atoms with Gasteiger partial charge in [-0.25, -0.2) is 4.98 Å². The first kappa shape index (κ1) is 14.3. The lowest BCUT2D eigenvalue weighted by molar-refractivity contribution is 0.377. The van der Waals surface area contributed by atoms with Crippen LogP contribution in [0.2, 0.25) is 0 Å². The van der Waals surface area contributed by atoms with Crippen molar-refractivity contribution < 1.29 is 0 Å². The maximum atomic E-state index is 9.47. The summed E-state index contributed by atoms with van der Waals surface area (Å²) in [6.07, 6.45) is 5.85. The van der Waals surface area contributed by atoms with Gasteiger partial charge in [0.15, 0.2) is 0 Å². The molecule has 0 aromatic carbocycles. The third kappa shape index (κ3) is 3.03. The number of piperidine rings is 1. The van der Waals surface area contributed by atoms with Crippen LogP contribution in [0, 0.1) is 17.2 Å². The number of pyridine rings is 1. The topological polar surface area (TPSA) is 52.0 Å². The van der Waals surface area contributed by atoms with Crippen LogP contribution in [0.15, 0.2) is 6.07 Å². The Kier molecular flexibility index (Phi) is 4.40. The van der Waals surface area contributed by atoms with E-state index in [4.69, 9.17) is 4.98 Å². The van der Waals surface area contributed by atoms with Crippen LogP contribution in [-0.2, 0) is 12.8 Å². The van der Waals surface area contributed by atoms with E-state index >= 15 is 0 Å². The third-order valence-electron chi connectivity index (χ3n) is 4.71. The van der Waals surface area contributed by atoms with Gasteiger partial charge in [-0.1, -0.05) is 0 Å². The number of rotatable bonds is 4. The van der Waals surface area contributed by atoms with E-state index in [1.807, 2.05) is 0 Å². The molecule has 1 atom stereocenters. The Morgan fingerprint density at radius 3 is 3.05 bits per heavy atom. The van der Waals surface area contributed by atoms with E-state index < -0.39 is 0 Å². The van der Waals surface area contributed by atoms with Crippen molar-refractivity contribution in [1.82, 2.24) is 10.3 Å². The van der Waals surface area contributed by atoms with Crippen LogP contribution in [0.5, 0.6) is 0 Å². The number of anilines is 1. The molecule has 21 heavy (non-hydrogen) atoms. The molecule has 1 unspecified atom stereocenters. The molecule has 4 nitrogen and oxygen atoms in total. The fourth-order valence-electron chi connectivity index (χ4n) is 3.54. The van der Waals surface area contributed by atoms with Crippen molar-refractivity contribution in [2.75, 3.05) is 31.1 Å². The predicted octanol–water partition coefficient (Wildman–Crippen LogP) is 2.27. The van der Waals surface area contributed by atoms with E-state index in [2.05, 4.69) is 29.3 Å². The lowest BCUT2D eigenvalue weighted by Gasteiger charge is -2.31. The molecule has 1 N–H and O–H groups in total. The largest absolute Gasteiger partial charge is 0.355 e. The molecule has 1 fully saturated rings. The summed E-state index contributed by atoms with van der Waals surface area (Å²) in [6, 6.07) is 4.43. The second kappa shape index (κ2) is 6.44. The molecular weight excluding hydrogens is 260 g/mol. The van der Waals surface area contributed by atoms with Crippen molar-refractivity contribution in [3.05, 3.63) is 22.9 Å². The zero-order chi connectivity index (χ0) is 14.7.